The van der Waals surface area contributed by atoms with Gasteiger partial charge >= 0.3 is 0 Å². The molecule has 1 N–H and O–H groups in total. The average molecular weight is 310 g/mol. The van der Waals surface area contributed by atoms with Gasteiger partial charge < -0.3 is 10.2 Å². The zero-order valence-electron chi connectivity index (χ0n) is 12.7. The van der Waals surface area contributed by atoms with Crippen LogP contribution in [0.5, 0.6) is 0 Å². The number of hydrogen-bond acceptors (Lipinski definition) is 3. The van der Waals surface area contributed by atoms with E-state index in [9.17, 15) is 4.79 Å². The van der Waals surface area contributed by atoms with E-state index in [-0.39, 0.29) is 24.4 Å². The van der Waals surface area contributed by atoms with Crippen LogP contribution in [0.25, 0.3) is 0 Å². The Labute approximate surface area is 132 Å². The Kier molecular flexibility index (Phi) is 5.25. The van der Waals surface area contributed by atoms with Gasteiger partial charge in [0.1, 0.15) is 0 Å². The average Bonchev–Trinajstić information content (AvgIpc) is 2.77. The van der Waals surface area contributed by atoms with Crippen molar-refractivity contribution in [3.8, 4) is 0 Å². The predicted molar refractivity (Wildman–Crippen MR) is 88.2 cm³/mol. The molecule has 0 bridgehead atoms. The van der Waals surface area contributed by atoms with Gasteiger partial charge in [-0.2, -0.15) is 0 Å². The highest BCUT2D eigenvalue weighted by Gasteiger charge is 2.32. The maximum absolute atomic E-state index is 12.7. The fourth-order valence-corrected chi connectivity index (χ4v) is 3.31. The van der Waals surface area contributed by atoms with E-state index in [2.05, 4.69) is 42.3 Å². The van der Waals surface area contributed by atoms with E-state index in [1.807, 2.05) is 11.0 Å². The van der Waals surface area contributed by atoms with Gasteiger partial charge in [-0.05, 0) is 31.9 Å². The third kappa shape index (κ3) is 3.23. The molecule has 2 atom stereocenters. The van der Waals surface area contributed by atoms with Crippen molar-refractivity contribution in [2.45, 2.75) is 32.4 Å². The number of carbonyl (C=O) groups is 1. The van der Waals surface area contributed by atoms with Gasteiger partial charge in [0.2, 0.25) is 5.91 Å². The molecule has 2 heterocycles. The number of benzene rings is 1. The summed E-state index contributed by atoms with van der Waals surface area (Å²) in [5, 5.41) is 3.37. The van der Waals surface area contributed by atoms with E-state index in [1.54, 1.807) is 0 Å². The number of anilines is 1. The molecule has 1 saturated heterocycles. The van der Waals surface area contributed by atoms with E-state index >= 15 is 0 Å². The SMILES string of the molecule is CC1Cc2ccccc2N1C(=O)CN1CCNC[C@@H]1C.Cl. The summed E-state index contributed by atoms with van der Waals surface area (Å²) in [5.41, 5.74) is 2.40. The summed E-state index contributed by atoms with van der Waals surface area (Å²) in [6, 6.07) is 8.98. The molecular weight excluding hydrogens is 286 g/mol. The summed E-state index contributed by atoms with van der Waals surface area (Å²) in [7, 11) is 0. The minimum Gasteiger partial charge on any atom is -0.314 e. The number of nitrogens with one attached hydrogen (secondary N) is 1. The summed E-state index contributed by atoms with van der Waals surface area (Å²) in [5.74, 6) is 0.233. The number of fused-ring (bicyclic) bond motifs is 1. The molecule has 1 unspecified atom stereocenters. The van der Waals surface area contributed by atoms with Crippen molar-refractivity contribution < 1.29 is 4.79 Å². The lowest BCUT2D eigenvalue weighted by atomic mass is 10.1. The van der Waals surface area contributed by atoms with E-state index < -0.39 is 0 Å². The maximum atomic E-state index is 12.7. The molecule has 5 heteroatoms. The monoisotopic (exact) mass is 309 g/mol. The van der Waals surface area contributed by atoms with Crippen molar-refractivity contribution in [3.05, 3.63) is 29.8 Å². The molecule has 2 aliphatic heterocycles. The zero-order valence-corrected chi connectivity index (χ0v) is 13.5. The number of carbonyl (C=O) groups excluding carboxylic acids is 1. The van der Waals surface area contributed by atoms with Crippen LogP contribution in [0.3, 0.4) is 0 Å². The minimum absolute atomic E-state index is 0. The van der Waals surface area contributed by atoms with E-state index in [1.165, 1.54) is 5.56 Å². The highest BCUT2D eigenvalue weighted by atomic mass is 35.5. The second kappa shape index (κ2) is 6.77. The van der Waals surface area contributed by atoms with Crippen LogP contribution in [0.1, 0.15) is 19.4 Å². The standard InChI is InChI=1S/C16H23N3O.ClH/c1-12-9-14-5-3-4-6-15(14)19(12)16(20)11-18-8-7-17-10-13(18)2;/h3-6,12-13,17H,7-11H2,1-2H3;1H/t12?,13-;/m0./s1. The summed E-state index contributed by atoms with van der Waals surface area (Å²) in [6.07, 6.45) is 0.971. The molecule has 0 spiro atoms. The Morgan fingerprint density at radius 2 is 2.05 bits per heavy atom. The molecule has 1 amide bonds. The molecule has 0 saturated carbocycles. The second-order valence-corrected chi connectivity index (χ2v) is 5.97. The molecule has 116 valence electrons. The van der Waals surface area contributed by atoms with Gasteiger partial charge in [-0.1, -0.05) is 18.2 Å². The van der Waals surface area contributed by atoms with Gasteiger partial charge in [-0.25, -0.2) is 0 Å². The molecular formula is C16H24ClN3O. The quantitative estimate of drug-likeness (QED) is 0.903. The molecule has 2 aliphatic rings. The van der Waals surface area contributed by atoms with Gasteiger partial charge in [0.15, 0.2) is 0 Å². The Morgan fingerprint density at radius 3 is 2.81 bits per heavy atom. The van der Waals surface area contributed by atoms with Gasteiger partial charge in [0.05, 0.1) is 6.54 Å². The molecule has 3 rings (SSSR count). The first-order chi connectivity index (χ1) is 9.66. The number of nitrogens with zero attached hydrogens (tertiary/aromatic N) is 2. The van der Waals surface area contributed by atoms with Crippen molar-refractivity contribution >= 4 is 24.0 Å². The first-order valence-electron chi connectivity index (χ1n) is 7.51. The highest BCUT2D eigenvalue weighted by molar-refractivity contribution is 5.97. The number of amides is 1. The molecule has 0 aliphatic carbocycles. The smallest absolute Gasteiger partial charge is 0.241 e. The van der Waals surface area contributed by atoms with Crippen molar-refractivity contribution in [2.75, 3.05) is 31.1 Å². The summed E-state index contributed by atoms with van der Waals surface area (Å²) in [6.45, 7) is 7.75. The van der Waals surface area contributed by atoms with Crippen LogP contribution in [0.2, 0.25) is 0 Å². The van der Waals surface area contributed by atoms with Crippen LogP contribution in [0.4, 0.5) is 5.69 Å². The molecule has 0 radical (unpaired) electrons. The van der Waals surface area contributed by atoms with Crippen LogP contribution in [-0.2, 0) is 11.2 Å². The van der Waals surface area contributed by atoms with Gasteiger partial charge in [-0.3, -0.25) is 9.69 Å². The number of para-hydroxylation sites is 1. The van der Waals surface area contributed by atoms with Crippen LogP contribution in [-0.4, -0.2) is 49.1 Å². The molecule has 1 aromatic rings. The first-order valence-corrected chi connectivity index (χ1v) is 7.51. The lowest BCUT2D eigenvalue weighted by Gasteiger charge is -2.35. The summed E-state index contributed by atoms with van der Waals surface area (Å²) < 4.78 is 0. The van der Waals surface area contributed by atoms with E-state index in [0.717, 1.165) is 31.7 Å². The van der Waals surface area contributed by atoms with Gasteiger partial charge in [0.25, 0.3) is 0 Å². The largest absolute Gasteiger partial charge is 0.314 e. The van der Waals surface area contributed by atoms with Crippen molar-refractivity contribution in [1.29, 1.82) is 0 Å². The lowest BCUT2D eigenvalue weighted by Crippen LogP contribution is -2.53. The van der Waals surface area contributed by atoms with E-state index in [0.29, 0.717) is 12.6 Å². The van der Waals surface area contributed by atoms with E-state index in [4.69, 9.17) is 0 Å². The first kappa shape index (κ1) is 16.3. The number of halogens is 1. The molecule has 0 aromatic heterocycles. The van der Waals surface area contributed by atoms with Gasteiger partial charge in [0, 0.05) is 37.4 Å². The third-order valence-corrected chi connectivity index (χ3v) is 4.45. The van der Waals surface area contributed by atoms with Crippen molar-refractivity contribution in [1.82, 2.24) is 10.2 Å². The highest BCUT2D eigenvalue weighted by Crippen LogP contribution is 2.31. The Bertz CT molecular complexity index is 508. The van der Waals surface area contributed by atoms with Gasteiger partial charge in [-0.15, -0.1) is 12.4 Å². The maximum Gasteiger partial charge on any atom is 0.241 e. The lowest BCUT2D eigenvalue weighted by molar-refractivity contribution is -0.120. The Morgan fingerprint density at radius 1 is 1.29 bits per heavy atom. The minimum atomic E-state index is 0. The fraction of sp³-hybridized carbons (Fsp3) is 0.562. The number of piperazine rings is 1. The third-order valence-electron chi connectivity index (χ3n) is 4.45. The number of rotatable bonds is 2. The molecule has 1 aromatic carbocycles. The predicted octanol–water partition coefficient (Wildman–Crippen LogP) is 1.68. The molecule has 21 heavy (non-hydrogen) atoms. The number of hydrogen-bond donors (Lipinski definition) is 1. The summed E-state index contributed by atoms with van der Waals surface area (Å²) >= 11 is 0. The fourth-order valence-electron chi connectivity index (χ4n) is 3.31. The summed E-state index contributed by atoms with van der Waals surface area (Å²) in [4.78, 5) is 17.0. The van der Waals surface area contributed by atoms with Crippen molar-refractivity contribution in [3.63, 3.8) is 0 Å². The topological polar surface area (TPSA) is 35.6 Å². The van der Waals surface area contributed by atoms with Crippen LogP contribution in [0.15, 0.2) is 24.3 Å². The normalized spacial score (nSPS) is 25.3. The van der Waals surface area contributed by atoms with Crippen LogP contribution >= 0.6 is 12.4 Å². The molecule has 4 nitrogen and oxygen atoms in total. The second-order valence-electron chi connectivity index (χ2n) is 5.97. The molecule has 1 fully saturated rings. The Hall–Kier alpha value is -1.10. The zero-order chi connectivity index (χ0) is 14.1. The van der Waals surface area contributed by atoms with Crippen LogP contribution < -0.4 is 10.2 Å². The van der Waals surface area contributed by atoms with Crippen molar-refractivity contribution in [2.24, 2.45) is 0 Å². The Balaban J connectivity index is 0.00000161. The van der Waals surface area contributed by atoms with Crippen LogP contribution in [0, 0.1) is 0 Å².